The molecular formula is C17H19N3O. The molecule has 0 aromatic carbocycles. The van der Waals surface area contributed by atoms with Gasteiger partial charge in [-0.3, -0.25) is 4.98 Å². The molecule has 0 bridgehead atoms. The second-order valence-corrected chi connectivity index (χ2v) is 6.25. The normalized spacial score (nSPS) is 18.2. The van der Waals surface area contributed by atoms with Gasteiger partial charge < -0.3 is 4.74 Å². The quantitative estimate of drug-likeness (QED) is 0.848. The van der Waals surface area contributed by atoms with E-state index in [9.17, 15) is 0 Å². The van der Waals surface area contributed by atoms with Crippen molar-refractivity contribution in [2.75, 3.05) is 6.61 Å². The van der Waals surface area contributed by atoms with Gasteiger partial charge in [0.2, 0.25) is 5.90 Å². The first-order chi connectivity index (χ1) is 10.0. The monoisotopic (exact) mass is 281 g/mol. The molecule has 2 aromatic rings. The van der Waals surface area contributed by atoms with Crippen LogP contribution < -0.4 is 0 Å². The second-order valence-electron chi connectivity index (χ2n) is 6.25. The number of ether oxygens (including phenoxy) is 1. The molecule has 21 heavy (non-hydrogen) atoms. The van der Waals surface area contributed by atoms with Gasteiger partial charge in [-0.15, -0.1) is 0 Å². The lowest BCUT2D eigenvalue weighted by atomic mass is 9.88. The predicted octanol–water partition coefficient (Wildman–Crippen LogP) is 3.34. The fraction of sp³-hybridized carbons (Fsp3) is 0.353. The third kappa shape index (κ3) is 2.94. The molecule has 0 radical (unpaired) electrons. The Hall–Kier alpha value is -2.23. The highest BCUT2D eigenvalue weighted by atomic mass is 16.5. The van der Waals surface area contributed by atoms with Crippen molar-refractivity contribution < 1.29 is 4.74 Å². The summed E-state index contributed by atoms with van der Waals surface area (Å²) in [6.45, 7) is 7.13. The van der Waals surface area contributed by atoms with Gasteiger partial charge in [0, 0.05) is 6.20 Å². The van der Waals surface area contributed by atoms with E-state index in [4.69, 9.17) is 4.74 Å². The maximum absolute atomic E-state index is 5.74. The molecule has 1 atom stereocenters. The van der Waals surface area contributed by atoms with Gasteiger partial charge in [0.1, 0.15) is 12.3 Å². The topological polar surface area (TPSA) is 47.4 Å². The van der Waals surface area contributed by atoms with Gasteiger partial charge in [0.15, 0.2) is 0 Å². The van der Waals surface area contributed by atoms with Crippen LogP contribution in [0.1, 0.15) is 26.5 Å². The summed E-state index contributed by atoms with van der Waals surface area (Å²) < 4.78 is 5.74. The van der Waals surface area contributed by atoms with Gasteiger partial charge in [-0.05, 0) is 29.7 Å². The smallest absolute Gasteiger partial charge is 0.235 e. The zero-order valence-corrected chi connectivity index (χ0v) is 12.6. The molecule has 0 aliphatic carbocycles. The van der Waals surface area contributed by atoms with Gasteiger partial charge in [0.05, 0.1) is 17.4 Å². The van der Waals surface area contributed by atoms with Gasteiger partial charge in [-0.1, -0.05) is 32.9 Å². The van der Waals surface area contributed by atoms with Gasteiger partial charge in [0.25, 0.3) is 0 Å². The maximum Gasteiger partial charge on any atom is 0.235 e. The molecule has 1 aliphatic heterocycles. The molecule has 4 heteroatoms. The minimum Gasteiger partial charge on any atom is -0.474 e. The summed E-state index contributed by atoms with van der Waals surface area (Å²) in [6, 6.07) is 11.8. The van der Waals surface area contributed by atoms with Crippen molar-refractivity contribution in [1.29, 1.82) is 0 Å². The molecule has 108 valence electrons. The summed E-state index contributed by atoms with van der Waals surface area (Å²) in [6.07, 6.45) is 1.77. The van der Waals surface area contributed by atoms with Crippen LogP contribution in [0.3, 0.4) is 0 Å². The average molecular weight is 281 g/mol. The van der Waals surface area contributed by atoms with Crippen LogP contribution in [0.4, 0.5) is 0 Å². The summed E-state index contributed by atoms with van der Waals surface area (Å²) in [5.74, 6) is 0.632. The molecule has 0 amide bonds. The Morgan fingerprint density at radius 3 is 2.43 bits per heavy atom. The largest absolute Gasteiger partial charge is 0.474 e. The van der Waals surface area contributed by atoms with Crippen molar-refractivity contribution in [3.05, 3.63) is 48.3 Å². The molecule has 0 saturated carbocycles. The average Bonchev–Trinajstić information content (AvgIpc) is 2.98. The van der Waals surface area contributed by atoms with Crippen LogP contribution in [0.2, 0.25) is 0 Å². The highest BCUT2D eigenvalue weighted by Gasteiger charge is 2.31. The van der Waals surface area contributed by atoms with Crippen LogP contribution in [0.5, 0.6) is 0 Å². The Labute approximate surface area is 124 Å². The lowest BCUT2D eigenvalue weighted by molar-refractivity contribution is 0.235. The standard InChI is InChI=1S/C17H19N3O/c1-17(2,3)15-11-21-16(20-15)14-9-6-8-13(19-14)12-7-4-5-10-18-12/h4-10,15H,11H2,1-3H3/t15-/m1/s1. The summed E-state index contributed by atoms with van der Waals surface area (Å²) in [7, 11) is 0. The number of aromatic nitrogens is 2. The minimum atomic E-state index is 0.0976. The number of aliphatic imine (C=N–C) groups is 1. The summed E-state index contributed by atoms with van der Waals surface area (Å²) in [4.78, 5) is 13.6. The Bertz CT molecular complexity index is 659. The van der Waals surface area contributed by atoms with E-state index in [1.54, 1.807) is 6.20 Å². The molecule has 0 spiro atoms. The zero-order valence-electron chi connectivity index (χ0n) is 12.6. The molecule has 1 aliphatic rings. The number of nitrogens with zero attached hydrogens (tertiary/aromatic N) is 3. The van der Waals surface area contributed by atoms with E-state index in [0.717, 1.165) is 17.1 Å². The van der Waals surface area contributed by atoms with E-state index >= 15 is 0 Å². The van der Waals surface area contributed by atoms with E-state index in [1.165, 1.54) is 0 Å². The molecule has 0 N–H and O–H groups in total. The van der Waals surface area contributed by atoms with Crippen molar-refractivity contribution in [2.24, 2.45) is 10.4 Å². The van der Waals surface area contributed by atoms with Crippen LogP contribution in [0.25, 0.3) is 11.4 Å². The molecular weight excluding hydrogens is 262 g/mol. The highest BCUT2D eigenvalue weighted by molar-refractivity contribution is 5.93. The fourth-order valence-electron chi connectivity index (χ4n) is 2.17. The Morgan fingerprint density at radius 1 is 1.00 bits per heavy atom. The van der Waals surface area contributed by atoms with Gasteiger partial charge >= 0.3 is 0 Å². The highest BCUT2D eigenvalue weighted by Crippen LogP contribution is 2.27. The van der Waals surface area contributed by atoms with Crippen LogP contribution >= 0.6 is 0 Å². The summed E-state index contributed by atoms with van der Waals surface area (Å²) in [5.41, 5.74) is 2.55. The minimum absolute atomic E-state index is 0.0976. The maximum atomic E-state index is 5.74. The number of rotatable bonds is 2. The number of pyridine rings is 2. The molecule has 3 rings (SSSR count). The van der Waals surface area contributed by atoms with Crippen molar-refractivity contribution in [2.45, 2.75) is 26.8 Å². The molecule has 0 saturated heterocycles. The van der Waals surface area contributed by atoms with Crippen LogP contribution in [0.15, 0.2) is 47.6 Å². The molecule has 0 unspecified atom stereocenters. The SMILES string of the molecule is CC(C)(C)[C@H]1COC(c2cccc(-c3ccccn3)n2)=N1. The molecule has 2 aromatic heterocycles. The second kappa shape index (κ2) is 5.28. The van der Waals surface area contributed by atoms with Crippen LogP contribution in [0, 0.1) is 5.41 Å². The summed E-state index contributed by atoms with van der Waals surface area (Å²) in [5, 5.41) is 0. The van der Waals surface area contributed by atoms with Gasteiger partial charge in [-0.2, -0.15) is 0 Å². The first-order valence-electron chi connectivity index (χ1n) is 7.13. The third-order valence-corrected chi connectivity index (χ3v) is 3.55. The lowest BCUT2D eigenvalue weighted by Crippen LogP contribution is -2.25. The van der Waals surface area contributed by atoms with E-state index in [1.807, 2.05) is 36.4 Å². The fourth-order valence-corrected chi connectivity index (χ4v) is 2.17. The lowest BCUT2D eigenvalue weighted by Gasteiger charge is -2.21. The van der Waals surface area contributed by atoms with Crippen molar-refractivity contribution in [3.8, 4) is 11.4 Å². The number of hydrogen-bond acceptors (Lipinski definition) is 4. The van der Waals surface area contributed by atoms with E-state index in [-0.39, 0.29) is 11.5 Å². The van der Waals surface area contributed by atoms with Crippen LogP contribution in [-0.4, -0.2) is 28.5 Å². The van der Waals surface area contributed by atoms with Crippen molar-refractivity contribution in [1.82, 2.24) is 9.97 Å². The van der Waals surface area contributed by atoms with Crippen molar-refractivity contribution in [3.63, 3.8) is 0 Å². The Morgan fingerprint density at radius 2 is 1.76 bits per heavy atom. The molecule has 4 nitrogen and oxygen atoms in total. The third-order valence-electron chi connectivity index (χ3n) is 3.55. The summed E-state index contributed by atoms with van der Waals surface area (Å²) >= 11 is 0. The zero-order chi connectivity index (χ0) is 14.9. The molecule has 0 fully saturated rings. The first-order valence-corrected chi connectivity index (χ1v) is 7.13. The van der Waals surface area contributed by atoms with Crippen LogP contribution in [-0.2, 0) is 4.74 Å². The Balaban J connectivity index is 1.91. The van der Waals surface area contributed by atoms with E-state index in [2.05, 4.69) is 35.7 Å². The Kier molecular flexibility index (Phi) is 3.45. The van der Waals surface area contributed by atoms with Crippen molar-refractivity contribution >= 4 is 5.90 Å². The first kappa shape index (κ1) is 13.7. The molecule has 3 heterocycles. The van der Waals surface area contributed by atoms with Gasteiger partial charge in [-0.25, -0.2) is 9.98 Å². The van der Waals surface area contributed by atoms with E-state index < -0.39 is 0 Å². The number of hydrogen-bond donors (Lipinski definition) is 0. The predicted molar refractivity (Wildman–Crippen MR) is 83.2 cm³/mol. The van der Waals surface area contributed by atoms with E-state index in [0.29, 0.717) is 12.5 Å².